The number of nitrogens with one attached hydrogen (secondary N) is 2. The van der Waals surface area contributed by atoms with Gasteiger partial charge in [-0.2, -0.15) is 4.98 Å². The van der Waals surface area contributed by atoms with Crippen LogP contribution in [0.3, 0.4) is 0 Å². The maximum absolute atomic E-state index is 13.8. The van der Waals surface area contributed by atoms with Crippen LogP contribution in [0.4, 0.5) is 23.0 Å². The summed E-state index contributed by atoms with van der Waals surface area (Å²) in [7, 11) is 1.55. The third kappa shape index (κ3) is 9.51. The van der Waals surface area contributed by atoms with Crippen LogP contribution in [-0.2, 0) is 11.2 Å². The number of hydrogen-bond donors (Lipinski definition) is 2. The molecule has 0 unspecified atom stereocenters. The topological polar surface area (TPSA) is 112 Å². The Morgan fingerprint density at radius 3 is 2.33 bits per heavy atom. The number of amides is 2. The summed E-state index contributed by atoms with van der Waals surface area (Å²) < 4.78 is 12.0. The Morgan fingerprint density at radius 1 is 0.942 bits per heavy atom. The Bertz CT molecular complexity index is 1840. The highest BCUT2D eigenvalue weighted by molar-refractivity contribution is 6.33. The van der Waals surface area contributed by atoms with Crippen molar-refractivity contribution in [3.05, 3.63) is 88.1 Å². The molecule has 4 aromatic rings. The van der Waals surface area contributed by atoms with Crippen LogP contribution in [0.15, 0.2) is 60.8 Å². The Kier molecular flexibility index (Phi) is 13.3. The second-order valence-corrected chi connectivity index (χ2v) is 13.3. The predicted octanol–water partition coefficient (Wildman–Crippen LogP) is 7.88. The second kappa shape index (κ2) is 18.1. The molecule has 0 aliphatic carbocycles. The van der Waals surface area contributed by atoms with E-state index in [0.717, 1.165) is 61.5 Å². The summed E-state index contributed by atoms with van der Waals surface area (Å²) in [6.45, 7) is 16.3. The average Bonchev–Trinajstić information content (AvgIpc) is 3.14. The molecule has 0 saturated carbocycles. The minimum absolute atomic E-state index is 0.0386. The molecule has 0 radical (unpaired) electrons. The number of nitrogens with zero attached hydrogens (tertiary/aromatic N) is 5. The number of aryl methyl sites for hydroxylation is 3. The molecule has 2 heterocycles. The molecule has 276 valence electrons. The summed E-state index contributed by atoms with van der Waals surface area (Å²) in [6, 6.07) is 17.1. The van der Waals surface area contributed by atoms with E-state index in [1.165, 1.54) is 6.20 Å². The van der Waals surface area contributed by atoms with Gasteiger partial charge in [-0.1, -0.05) is 42.8 Å². The van der Waals surface area contributed by atoms with E-state index in [1.54, 1.807) is 13.2 Å². The number of hydrogen-bond acceptors (Lipinski definition) is 9. The van der Waals surface area contributed by atoms with E-state index in [9.17, 15) is 9.59 Å². The molecular weight excluding hydrogens is 678 g/mol. The van der Waals surface area contributed by atoms with Crippen molar-refractivity contribution < 1.29 is 19.1 Å². The van der Waals surface area contributed by atoms with Crippen molar-refractivity contribution >= 4 is 46.4 Å². The number of benzene rings is 3. The quantitative estimate of drug-likeness (QED) is 0.126. The number of piperazine rings is 1. The number of ether oxygens (including phenoxy) is 2. The SMILES string of the molecule is CCCN1CCN(c2ccc(Nc3ncc(C(=O)Nc4c(C)cccc4C)c(Oc4ccc(CCC(=O)N(CC)CC)cc4OC)n3)cc2Cl)CC1. The van der Waals surface area contributed by atoms with E-state index < -0.39 is 5.91 Å². The minimum Gasteiger partial charge on any atom is -0.493 e. The summed E-state index contributed by atoms with van der Waals surface area (Å²) in [5.41, 5.74) is 5.30. The highest BCUT2D eigenvalue weighted by atomic mass is 35.5. The zero-order chi connectivity index (χ0) is 37.2. The Hall–Kier alpha value is -4.87. The molecule has 1 fully saturated rings. The van der Waals surface area contributed by atoms with E-state index in [2.05, 4.69) is 37.3 Å². The summed E-state index contributed by atoms with van der Waals surface area (Å²) in [5, 5.41) is 6.87. The van der Waals surface area contributed by atoms with Gasteiger partial charge in [0.05, 0.1) is 17.8 Å². The van der Waals surface area contributed by atoms with Gasteiger partial charge in [0.15, 0.2) is 11.5 Å². The van der Waals surface area contributed by atoms with Gasteiger partial charge in [0, 0.05) is 63.3 Å². The monoisotopic (exact) mass is 727 g/mol. The molecule has 1 aliphatic rings. The molecule has 2 amide bonds. The van der Waals surface area contributed by atoms with Crippen LogP contribution in [0.1, 0.15) is 60.7 Å². The third-order valence-electron chi connectivity index (χ3n) is 9.35. The van der Waals surface area contributed by atoms with E-state index in [-0.39, 0.29) is 23.3 Å². The summed E-state index contributed by atoms with van der Waals surface area (Å²) in [4.78, 5) is 42.1. The lowest BCUT2D eigenvalue weighted by molar-refractivity contribution is -0.130. The lowest BCUT2D eigenvalue weighted by Gasteiger charge is -2.36. The number of aromatic nitrogens is 2. The third-order valence-corrected chi connectivity index (χ3v) is 9.66. The van der Waals surface area contributed by atoms with E-state index in [4.69, 9.17) is 21.1 Å². The highest BCUT2D eigenvalue weighted by Crippen LogP contribution is 2.35. The van der Waals surface area contributed by atoms with Crippen molar-refractivity contribution in [1.29, 1.82) is 0 Å². The van der Waals surface area contributed by atoms with Crippen molar-refractivity contribution in [2.45, 2.75) is 53.9 Å². The number of carbonyl (C=O) groups is 2. The standard InChI is InChI=1S/C40H50ClN7O4/c1-7-19-46-20-22-48(23-21-46)33-16-15-30(25-32(33)41)43-40-42-26-31(38(50)44-37-27(4)11-10-12-28(37)5)39(45-40)52-34-17-13-29(24-35(34)51-6)14-18-36(49)47(8-2)9-3/h10-13,15-17,24-26H,7-9,14,18-23H2,1-6H3,(H,44,50)(H,42,43,45). The van der Waals surface area contributed by atoms with Crippen LogP contribution in [0.5, 0.6) is 17.4 Å². The summed E-state index contributed by atoms with van der Waals surface area (Å²) in [5.74, 6) is 0.748. The first-order valence-corrected chi connectivity index (χ1v) is 18.4. The lowest BCUT2D eigenvalue weighted by Crippen LogP contribution is -2.46. The van der Waals surface area contributed by atoms with E-state index in [1.807, 2.05) is 81.1 Å². The molecule has 0 bridgehead atoms. The second-order valence-electron chi connectivity index (χ2n) is 12.9. The van der Waals surface area contributed by atoms with Crippen LogP contribution < -0.4 is 25.0 Å². The van der Waals surface area contributed by atoms with Gasteiger partial charge in [-0.05, 0) is 94.1 Å². The summed E-state index contributed by atoms with van der Waals surface area (Å²) in [6.07, 6.45) is 3.52. The fourth-order valence-electron chi connectivity index (χ4n) is 6.39. The molecule has 12 heteroatoms. The van der Waals surface area contributed by atoms with Crippen LogP contribution in [-0.4, -0.2) is 84.5 Å². The first kappa shape index (κ1) is 38.4. The van der Waals surface area contributed by atoms with Gasteiger partial charge in [-0.15, -0.1) is 0 Å². The zero-order valence-corrected chi connectivity index (χ0v) is 31.8. The normalized spacial score (nSPS) is 13.1. The average molecular weight is 728 g/mol. The van der Waals surface area contributed by atoms with Crippen LogP contribution in [0.25, 0.3) is 0 Å². The molecule has 11 nitrogen and oxygen atoms in total. The maximum Gasteiger partial charge on any atom is 0.262 e. The van der Waals surface area contributed by atoms with Gasteiger partial charge in [-0.25, -0.2) is 4.98 Å². The largest absolute Gasteiger partial charge is 0.493 e. The molecule has 0 atom stereocenters. The van der Waals surface area contributed by atoms with Gasteiger partial charge >= 0.3 is 0 Å². The maximum atomic E-state index is 13.8. The molecule has 1 saturated heterocycles. The summed E-state index contributed by atoms with van der Waals surface area (Å²) >= 11 is 6.80. The smallest absolute Gasteiger partial charge is 0.262 e. The molecule has 2 N–H and O–H groups in total. The molecular formula is C40H50ClN7O4. The van der Waals surface area contributed by atoms with Gasteiger partial charge < -0.3 is 29.9 Å². The van der Waals surface area contributed by atoms with Crippen molar-refractivity contribution in [3.8, 4) is 17.4 Å². The zero-order valence-electron chi connectivity index (χ0n) is 31.1. The number of rotatable bonds is 15. The first-order chi connectivity index (χ1) is 25.1. The number of halogens is 1. The fourth-order valence-corrected chi connectivity index (χ4v) is 6.69. The van der Waals surface area contributed by atoms with Crippen LogP contribution >= 0.6 is 11.6 Å². The first-order valence-electron chi connectivity index (χ1n) is 18.0. The molecule has 1 aromatic heterocycles. The number of para-hydroxylation sites is 1. The van der Waals surface area contributed by atoms with Crippen LogP contribution in [0.2, 0.25) is 5.02 Å². The van der Waals surface area contributed by atoms with E-state index in [0.29, 0.717) is 53.8 Å². The van der Waals surface area contributed by atoms with Gasteiger partial charge in [0.25, 0.3) is 5.91 Å². The van der Waals surface area contributed by atoms with Gasteiger partial charge in [0.2, 0.25) is 17.7 Å². The highest BCUT2D eigenvalue weighted by Gasteiger charge is 2.22. The van der Waals surface area contributed by atoms with Crippen molar-refractivity contribution in [2.24, 2.45) is 0 Å². The van der Waals surface area contributed by atoms with Crippen LogP contribution in [0, 0.1) is 13.8 Å². The lowest BCUT2D eigenvalue weighted by atomic mass is 10.1. The van der Waals surface area contributed by atoms with Crippen molar-refractivity contribution in [3.63, 3.8) is 0 Å². The molecule has 0 spiro atoms. The van der Waals surface area contributed by atoms with Crippen molar-refractivity contribution in [1.82, 2.24) is 19.8 Å². The minimum atomic E-state index is -0.420. The molecule has 52 heavy (non-hydrogen) atoms. The fraction of sp³-hybridized carbons (Fsp3) is 0.400. The number of methoxy groups -OCH3 is 1. The molecule has 1 aliphatic heterocycles. The number of anilines is 4. The molecule has 5 rings (SSSR count). The van der Waals surface area contributed by atoms with Gasteiger partial charge in [-0.3, -0.25) is 14.5 Å². The van der Waals surface area contributed by atoms with Gasteiger partial charge in [0.1, 0.15) is 5.56 Å². The molecule has 3 aromatic carbocycles. The Labute approximate surface area is 312 Å². The predicted molar refractivity (Wildman–Crippen MR) is 209 cm³/mol. The Balaban J connectivity index is 1.40. The van der Waals surface area contributed by atoms with E-state index >= 15 is 0 Å². The van der Waals surface area contributed by atoms with Crippen molar-refractivity contribution in [2.75, 3.05) is 68.5 Å². The number of carbonyl (C=O) groups excluding carboxylic acids is 2. The Morgan fingerprint density at radius 2 is 1.67 bits per heavy atom.